The molecule has 2 unspecified atom stereocenters. The quantitative estimate of drug-likeness (QED) is 0.187. The molecule has 2 aliphatic rings. The van der Waals surface area contributed by atoms with Gasteiger partial charge in [0.25, 0.3) is 0 Å². The van der Waals surface area contributed by atoms with Crippen LogP contribution in [-0.2, 0) is 17.8 Å². The van der Waals surface area contributed by atoms with Crippen molar-refractivity contribution in [2.45, 2.75) is 98.3 Å². The molecular formula is C34H46N6O4S2. The Hall–Kier alpha value is -3.64. The van der Waals surface area contributed by atoms with Gasteiger partial charge in [-0.05, 0) is 96.4 Å². The van der Waals surface area contributed by atoms with Crippen LogP contribution in [0.1, 0.15) is 103 Å². The number of ether oxygens (including phenoxy) is 1. The molecule has 0 spiro atoms. The number of piperidine rings is 2. The first-order chi connectivity index (χ1) is 22.1. The number of carbonyl (C=O) groups is 2. The topological polar surface area (TPSA) is 106 Å². The second kappa shape index (κ2) is 15.3. The number of hydrogen-bond acceptors (Lipinski definition) is 9. The molecule has 0 saturated carbocycles. The summed E-state index contributed by atoms with van der Waals surface area (Å²) in [6, 6.07) is 4.66. The van der Waals surface area contributed by atoms with Gasteiger partial charge in [0.2, 0.25) is 0 Å². The van der Waals surface area contributed by atoms with Crippen molar-refractivity contribution in [1.82, 2.24) is 19.1 Å². The Labute approximate surface area is 279 Å². The second-order valence-electron chi connectivity index (χ2n) is 12.4. The molecule has 10 nitrogen and oxygen atoms in total. The van der Waals surface area contributed by atoms with Gasteiger partial charge in [-0.25, -0.2) is 19.6 Å². The van der Waals surface area contributed by atoms with E-state index in [1.54, 1.807) is 33.3 Å². The van der Waals surface area contributed by atoms with Gasteiger partial charge >= 0.3 is 11.9 Å². The predicted octanol–water partition coefficient (Wildman–Crippen LogP) is 7.24. The SMILES string of the molecule is CCOC(=O)c1cc(C)cn1Cc1csc(N2CCCCC2C)n1.Cc1cc(C(=O)O)n(Cc2csc(N3CCCCC3C)n2)c1. The third kappa shape index (κ3) is 8.19. The van der Waals surface area contributed by atoms with Crippen LogP contribution < -0.4 is 9.80 Å². The zero-order chi connectivity index (χ0) is 32.8. The first-order valence-corrected chi connectivity index (χ1v) is 18.0. The van der Waals surface area contributed by atoms with E-state index in [9.17, 15) is 14.7 Å². The average molecular weight is 667 g/mol. The summed E-state index contributed by atoms with van der Waals surface area (Å²) < 4.78 is 8.84. The van der Waals surface area contributed by atoms with Crippen LogP contribution in [0.3, 0.4) is 0 Å². The van der Waals surface area contributed by atoms with Gasteiger partial charge in [0, 0.05) is 48.3 Å². The minimum Gasteiger partial charge on any atom is -0.477 e. The maximum atomic E-state index is 12.1. The lowest BCUT2D eigenvalue weighted by Gasteiger charge is -2.33. The largest absolute Gasteiger partial charge is 0.477 e. The van der Waals surface area contributed by atoms with Gasteiger partial charge in [0.15, 0.2) is 10.3 Å². The molecule has 2 saturated heterocycles. The van der Waals surface area contributed by atoms with Crippen molar-refractivity contribution < 1.29 is 19.4 Å². The van der Waals surface area contributed by atoms with E-state index in [0.717, 1.165) is 45.9 Å². The fourth-order valence-electron chi connectivity index (χ4n) is 6.25. The molecule has 2 atom stereocenters. The molecule has 6 heterocycles. The molecule has 1 N–H and O–H groups in total. The molecule has 2 fully saturated rings. The Kier molecular flexibility index (Phi) is 11.2. The van der Waals surface area contributed by atoms with Gasteiger partial charge in [-0.2, -0.15) is 0 Å². The van der Waals surface area contributed by atoms with Gasteiger partial charge in [-0.15, -0.1) is 22.7 Å². The van der Waals surface area contributed by atoms with Gasteiger partial charge in [0.1, 0.15) is 11.4 Å². The van der Waals surface area contributed by atoms with Crippen LogP contribution in [-0.4, -0.2) is 67.9 Å². The summed E-state index contributed by atoms with van der Waals surface area (Å²) in [6.45, 7) is 13.9. The van der Waals surface area contributed by atoms with Crippen molar-refractivity contribution in [3.8, 4) is 0 Å². The molecule has 12 heteroatoms. The van der Waals surface area contributed by atoms with Crippen molar-refractivity contribution >= 4 is 44.9 Å². The summed E-state index contributed by atoms with van der Waals surface area (Å²) in [5.74, 6) is -1.17. The van der Waals surface area contributed by atoms with Crippen molar-refractivity contribution in [2.24, 2.45) is 0 Å². The summed E-state index contributed by atoms with van der Waals surface area (Å²) in [6.07, 6.45) is 11.4. The molecule has 0 aromatic carbocycles. The van der Waals surface area contributed by atoms with E-state index in [1.165, 1.54) is 38.5 Å². The van der Waals surface area contributed by atoms with E-state index in [4.69, 9.17) is 14.7 Å². The van der Waals surface area contributed by atoms with Gasteiger partial charge < -0.3 is 28.8 Å². The van der Waals surface area contributed by atoms with Gasteiger partial charge in [-0.1, -0.05) is 0 Å². The third-order valence-corrected chi connectivity index (χ3v) is 10.5. The van der Waals surface area contributed by atoms with Crippen molar-refractivity contribution in [3.63, 3.8) is 0 Å². The maximum absolute atomic E-state index is 12.1. The predicted molar refractivity (Wildman–Crippen MR) is 185 cm³/mol. The first-order valence-electron chi connectivity index (χ1n) is 16.3. The molecule has 248 valence electrons. The molecule has 46 heavy (non-hydrogen) atoms. The molecule has 2 aliphatic heterocycles. The Morgan fingerprint density at radius 1 is 0.826 bits per heavy atom. The fraction of sp³-hybridized carbons (Fsp3) is 0.529. The normalized spacial score (nSPS) is 18.3. The van der Waals surface area contributed by atoms with E-state index >= 15 is 0 Å². The van der Waals surface area contributed by atoms with Crippen molar-refractivity contribution in [1.29, 1.82) is 0 Å². The van der Waals surface area contributed by atoms with Crippen LogP contribution in [0.2, 0.25) is 0 Å². The van der Waals surface area contributed by atoms with Crippen LogP contribution in [0.5, 0.6) is 0 Å². The maximum Gasteiger partial charge on any atom is 0.354 e. The van der Waals surface area contributed by atoms with E-state index in [1.807, 2.05) is 49.2 Å². The molecule has 0 radical (unpaired) electrons. The highest BCUT2D eigenvalue weighted by atomic mass is 32.1. The van der Waals surface area contributed by atoms with Crippen molar-refractivity contribution in [2.75, 3.05) is 29.5 Å². The number of hydrogen-bond donors (Lipinski definition) is 1. The number of rotatable bonds is 9. The number of carboxylic acid groups (broad SMARTS) is 1. The number of aromatic nitrogens is 4. The molecule has 6 rings (SSSR count). The van der Waals surface area contributed by atoms with E-state index in [-0.39, 0.29) is 5.97 Å². The zero-order valence-electron chi connectivity index (χ0n) is 27.6. The Balaban J connectivity index is 0.000000182. The number of anilines is 2. The standard InChI is InChI=1S/C18H25N3O2S.C16H21N3O2S/c1-4-23-17(22)16-9-13(2)10-20(16)11-15-12-24-18(19-15)21-8-6-5-7-14(21)3;1-11-7-14(15(20)21)18(8-11)9-13-10-22-16(17-13)19-6-4-3-5-12(19)2/h9-10,12,14H,4-8,11H2,1-3H3;7-8,10,12H,3-6,9H2,1-2H3,(H,20,21). The Morgan fingerprint density at radius 2 is 1.30 bits per heavy atom. The van der Waals surface area contributed by atoms with Gasteiger partial charge in [-0.3, -0.25) is 0 Å². The van der Waals surface area contributed by atoms with E-state index < -0.39 is 5.97 Å². The minimum atomic E-state index is -0.895. The summed E-state index contributed by atoms with van der Waals surface area (Å²) in [5, 5.41) is 15.5. The Bertz CT molecular complexity index is 1620. The highest BCUT2D eigenvalue weighted by Gasteiger charge is 2.23. The van der Waals surface area contributed by atoms with Gasteiger partial charge in [0.05, 0.1) is 31.1 Å². The van der Waals surface area contributed by atoms with Crippen LogP contribution in [0.25, 0.3) is 0 Å². The zero-order valence-corrected chi connectivity index (χ0v) is 29.2. The highest BCUT2D eigenvalue weighted by Crippen LogP contribution is 2.29. The minimum absolute atomic E-state index is 0.272. The van der Waals surface area contributed by atoms with Crippen LogP contribution >= 0.6 is 22.7 Å². The number of nitrogens with zero attached hydrogens (tertiary/aromatic N) is 6. The second-order valence-corrected chi connectivity index (χ2v) is 14.1. The first kappa shape index (κ1) is 33.7. The third-order valence-electron chi connectivity index (χ3n) is 8.61. The van der Waals surface area contributed by atoms with Crippen LogP contribution in [0, 0.1) is 13.8 Å². The number of aryl methyl sites for hydroxylation is 2. The molecule has 4 aromatic heterocycles. The lowest BCUT2D eigenvalue weighted by molar-refractivity contribution is 0.0513. The number of thiazole rings is 2. The summed E-state index contributed by atoms with van der Waals surface area (Å²) in [4.78, 5) is 37.7. The molecule has 0 bridgehead atoms. The highest BCUT2D eigenvalue weighted by molar-refractivity contribution is 7.14. The molecule has 4 aromatic rings. The molecule has 0 aliphatic carbocycles. The monoisotopic (exact) mass is 666 g/mol. The lowest BCUT2D eigenvalue weighted by Crippen LogP contribution is -2.37. The summed E-state index contributed by atoms with van der Waals surface area (Å²) in [5.41, 5.74) is 4.84. The molecular weight excluding hydrogens is 621 g/mol. The molecule has 0 amide bonds. The number of esters is 1. The number of carboxylic acids is 1. The van der Waals surface area contributed by atoms with Crippen LogP contribution in [0.15, 0.2) is 35.3 Å². The number of carbonyl (C=O) groups excluding carboxylic acids is 1. The average Bonchev–Trinajstić information content (AvgIpc) is 3.82. The Morgan fingerprint density at radius 3 is 1.76 bits per heavy atom. The fourth-order valence-corrected chi connectivity index (χ4v) is 8.14. The van der Waals surface area contributed by atoms with Crippen molar-refractivity contribution in [3.05, 3.63) is 69.2 Å². The lowest BCUT2D eigenvalue weighted by atomic mass is 10.1. The van der Waals surface area contributed by atoms with E-state index in [2.05, 4.69) is 29.0 Å². The van der Waals surface area contributed by atoms with Crippen LogP contribution in [0.4, 0.5) is 10.3 Å². The smallest absolute Gasteiger partial charge is 0.354 e. The summed E-state index contributed by atoms with van der Waals surface area (Å²) >= 11 is 3.35. The number of aromatic carboxylic acids is 1. The summed E-state index contributed by atoms with van der Waals surface area (Å²) in [7, 11) is 0. The van der Waals surface area contributed by atoms with E-state index in [0.29, 0.717) is 43.2 Å².